The molecular formula is C14H28N2O3. The molecule has 0 spiro atoms. The van der Waals surface area contributed by atoms with Gasteiger partial charge in [-0.15, -0.1) is 0 Å². The van der Waals surface area contributed by atoms with Crippen molar-refractivity contribution in [1.82, 2.24) is 10.6 Å². The third-order valence-corrected chi connectivity index (χ3v) is 3.80. The molecule has 0 bridgehead atoms. The number of urea groups is 1. The molecule has 0 aromatic heterocycles. The molecule has 1 saturated heterocycles. The summed E-state index contributed by atoms with van der Waals surface area (Å²) in [5, 5.41) is 15.0. The van der Waals surface area contributed by atoms with Gasteiger partial charge in [0.25, 0.3) is 0 Å². The Balaban J connectivity index is 2.43. The highest BCUT2D eigenvalue weighted by atomic mass is 16.5. The van der Waals surface area contributed by atoms with Gasteiger partial charge >= 0.3 is 6.03 Å². The van der Waals surface area contributed by atoms with E-state index in [0.717, 1.165) is 19.6 Å². The number of nitrogens with one attached hydrogen (secondary N) is 2. The van der Waals surface area contributed by atoms with E-state index in [1.807, 2.05) is 6.92 Å². The number of amides is 2. The second kappa shape index (κ2) is 7.10. The SMILES string of the molecule is C[C@H](NC(=O)N[C@@H](CCO)C(C)(C)C)[C@H]1CCOC1. The van der Waals surface area contributed by atoms with Crippen molar-refractivity contribution in [3.63, 3.8) is 0 Å². The molecule has 0 aliphatic carbocycles. The Kier molecular flexibility index (Phi) is 6.07. The fourth-order valence-electron chi connectivity index (χ4n) is 2.32. The minimum atomic E-state index is -0.159. The minimum Gasteiger partial charge on any atom is -0.396 e. The van der Waals surface area contributed by atoms with E-state index in [0.29, 0.717) is 12.3 Å². The number of hydrogen-bond acceptors (Lipinski definition) is 3. The van der Waals surface area contributed by atoms with Crippen molar-refractivity contribution < 1.29 is 14.6 Å². The van der Waals surface area contributed by atoms with Crippen molar-refractivity contribution >= 4 is 6.03 Å². The largest absolute Gasteiger partial charge is 0.396 e. The molecule has 5 nitrogen and oxygen atoms in total. The molecule has 0 saturated carbocycles. The number of aliphatic hydroxyl groups excluding tert-OH is 1. The Morgan fingerprint density at radius 3 is 2.58 bits per heavy atom. The van der Waals surface area contributed by atoms with Gasteiger partial charge in [0, 0.05) is 31.2 Å². The second-order valence-corrected chi connectivity index (χ2v) is 6.46. The molecule has 19 heavy (non-hydrogen) atoms. The van der Waals surface area contributed by atoms with E-state index in [2.05, 4.69) is 31.4 Å². The lowest BCUT2D eigenvalue weighted by Crippen LogP contribution is -2.51. The molecule has 0 aromatic rings. The molecule has 3 atom stereocenters. The van der Waals surface area contributed by atoms with Gasteiger partial charge in [-0.3, -0.25) is 0 Å². The van der Waals surface area contributed by atoms with Gasteiger partial charge in [-0.05, 0) is 25.2 Å². The van der Waals surface area contributed by atoms with Crippen molar-refractivity contribution in [3.05, 3.63) is 0 Å². The normalized spacial score (nSPS) is 22.9. The van der Waals surface area contributed by atoms with Gasteiger partial charge in [-0.25, -0.2) is 4.79 Å². The van der Waals surface area contributed by atoms with Gasteiger partial charge in [-0.2, -0.15) is 0 Å². The first-order chi connectivity index (χ1) is 8.84. The molecule has 5 heteroatoms. The zero-order valence-electron chi connectivity index (χ0n) is 12.5. The van der Waals surface area contributed by atoms with Gasteiger partial charge in [0.1, 0.15) is 0 Å². The van der Waals surface area contributed by atoms with Crippen LogP contribution in [0, 0.1) is 11.3 Å². The Bertz CT molecular complexity index is 283. The van der Waals surface area contributed by atoms with Crippen LogP contribution in [-0.2, 0) is 4.74 Å². The van der Waals surface area contributed by atoms with E-state index in [4.69, 9.17) is 9.84 Å². The van der Waals surface area contributed by atoms with Gasteiger partial charge in [0.15, 0.2) is 0 Å². The van der Waals surface area contributed by atoms with Gasteiger partial charge in [0.05, 0.1) is 6.61 Å². The summed E-state index contributed by atoms with van der Waals surface area (Å²) in [6.07, 6.45) is 1.57. The Morgan fingerprint density at radius 1 is 1.42 bits per heavy atom. The molecule has 112 valence electrons. The first-order valence-electron chi connectivity index (χ1n) is 7.10. The number of ether oxygens (including phenoxy) is 1. The summed E-state index contributed by atoms with van der Waals surface area (Å²) in [6.45, 7) is 9.77. The van der Waals surface area contributed by atoms with Crippen LogP contribution in [0.25, 0.3) is 0 Å². The van der Waals surface area contributed by atoms with Gasteiger partial charge in [-0.1, -0.05) is 20.8 Å². The maximum Gasteiger partial charge on any atom is 0.315 e. The summed E-state index contributed by atoms with van der Waals surface area (Å²) < 4.78 is 5.33. The summed E-state index contributed by atoms with van der Waals surface area (Å²) in [6, 6.07) is -0.0884. The van der Waals surface area contributed by atoms with Crippen molar-refractivity contribution in [1.29, 1.82) is 0 Å². The average Bonchev–Trinajstić information content (AvgIpc) is 2.80. The van der Waals surface area contributed by atoms with Crippen LogP contribution >= 0.6 is 0 Å². The monoisotopic (exact) mass is 272 g/mol. The lowest BCUT2D eigenvalue weighted by Gasteiger charge is -2.32. The predicted molar refractivity (Wildman–Crippen MR) is 75.0 cm³/mol. The van der Waals surface area contributed by atoms with Crippen molar-refractivity contribution in [2.24, 2.45) is 11.3 Å². The van der Waals surface area contributed by atoms with Crippen molar-refractivity contribution in [2.45, 2.75) is 52.6 Å². The highest BCUT2D eigenvalue weighted by Crippen LogP contribution is 2.21. The topological polar surface area (TPSA) is 70.6 Å². The van der Waals surface area contributed by atoms with E-state index in [-0.39, 0.29) is 30.1 Å². The maximum atomic E-state index is 12.0. The molecule has 1 heterocycles. The highest BCUT2D eigenvalue weighted by Gasteiger charge is 2.28. The highest BCUT2D eigenvalue weighted by molar-refractivity contribution is 5.74. The van der Waals surface area contributed by atoms with Crippen LogP contribution in [0.3, 0.4) is 0 Å². The van der Waals surface area contributed by atoms with Crippen LogP contribution in [0.15, 0.2) is 0 Å². The number of carbonyl (C=O) groups is 1. The Labute approximate surface area is 116 Å². The lowest BCUT2D eigenvalue weighted by molar-refractivity contribution is 0.173. The minimum absolute atomic E-state index is 0.0375. The molecule has 3 N–H and O–H groups in total. The number of rotatable bonds is 5. The average molecular weight is 272 g/mol. The molecule has 0 unspecified atom stereocenters. The number of carbonyl (C=O) groups excluding carboxylic acids is 1. The van der Waals surface area contributed by atoms with Gasteiger partial charge < -0.3 is 20.5 Å². The molecule has 0 radical (unpaired) electrons. The van der Waals surface area contributed by atoms with Crippen LogP contribution in [0.5, 0.6) is 0 Å². The zero-order valence-corrected chi connectivity index (χ0v) is 12.5. The van der Waals surface area contributed by atoms with Crippen LogP contribution < -0.4 is 10.6 Å². The van der Waals surface area contributed by atoms with E-state index >= 15 is 0 Å². The van der Waals surface area contributed by atoms with Crippen molar-refractivity contribution in [2.75, 3.05) is 19.8 Å². The first-order valence-corrected chi connectivity index (χ1v) is 7.10. The van der Waals surface area contributed by atoms with Crippen LogP contribution in [0.4, 0.5) is 4.79 Å². The van der Waals surface area contributed by atoms with Crippen molar-refractivity contribution in [3.8, 4) is 0 Å². The van der Waals surface area contributed by atoms with Crippen LogP contribution in [0.1, 0.15) is 40.5 Å². The Morgan fingerprint density at radius 2 is 2.11 bits per heavy atom. The molecular weight excluding hydrogens is 244 g/mol. The quantitative estimate of drug-likeness (QED) is 0.710. The molecule has 1 aliphatic rings. The van der Waals surface area contributed by atoms with Crippen LogP contribution in [0.2, 0.25) is 0 Å². The summed E-state index contributed by atoms with van der Waals surface area (Å²) in [5.41, 5.74) is -0.0697. The molecule has 1 fully saturated rings. The summed E-state index contributed by atoms with van der Waals surface area (Å²) >= 11 is 0. The predicted octanol–water partition coefficient (Wildman–Crippen LogP) is 1.51. The first kappa shape index (κ1) is 16.2. The van der Waals surface area contributed by atoms with E-state index in [1.165, 1.54) is 0 Å². The van der Waals surface area contributed by atoms with E-state index < -0.39 is 0 Å². The molecule has 0 aromatic carbocycles. The standard InChI is InChI=1S/C14H28N2O3/c1-10(11-6-8-19-9-11)15-13(18)16-12(5-7-17)14(2,3)4/h10-12,17H,5-9H2,1-4H3,(H2,15,16,18)/t10-,11-,12-/m0/s1. The fourth-order valence-corrected chi connectivity index (χ4v) is 2.32. The fraction of sp³-hybridized carbons (Fsp3) is 0.929. The molecule has 1 aliphatic heterocycles. The molecule has 1 rings (SSSR count). The van der Waals surface area contributed by atoms with Crippen LogP contribution in [-0.4, -0.2) is 43.0 Å². The molecule has 2 amide bonds. The summed E-state index contributed by atoms with van der Waals surface area (Å²) in [5.74, 6) is 0.400. The smallest absolute Gasteiger partial charge is 0.315 e. The Hall–Kier alpha value is -0.810. The maximum absolute atomic E-state index is 12.0. The third-order valence-electron chi connectivity index (χ3n) is 3.80. The zero-order chi connectivity index (χ0) is 14.5. The van der Waals surface area contributed by atoms with E-state index in [1.54, 1.807) is 0 Å². The summed E-state index contributed by atoms with van der Waals surface area (Å²) in [4.78, 5) is 12.0. The second-order valence-electron chi connectivity index (χ2n) is 6.46. The third kappa shape index (κ3) is 5.37. The van der Waals surface area contributed by atoms with E-state index in [9.17, 15) is 4.79 Å². The number of aliphatic hydroxyl groups is 1. The lowest BCUT2D eigenvalue weighted by atomic mass is 9.85. The van der Waals surface area contributed by atoms with Gasteiger partial charge in [0.2, 0.25) is 0 Å². The summed E-state index contributed by atoms with van der Waals surface area (Å²) in [7, 11) is 0. The number of hydrogen-bond donors (Lipinski definition) is 3.